The van der Waals surface area contributed by atoms with Gasteiger partial charge in [0.2, 0.25) is 5.95 Å². The third kappa shape index (κ3) is 2.51. The highest BCUT2D eigenvalue weighted by molar-refractivity contribution is 5.74. The maximum absolute atomic E-state index is 11.8. The molecule has 0 fully saturated rings. The Morgan fingerprint density at radius 3 is 2.65 bits per heavy atom. The molecular formula is C15H14N4O. The van der Waals surface area contributed by atoms with Gasteiger partial charge in [0, 0.05) is 6.20 Å². The lowest BCUT2D eigenvalue weighted by Crippen LogP contribution is -2.12. The van der Waals surface area contributed by atoms with Gasteiger partial charge in [-0.3, -0.25) is 9.78 Å². The normalized spacial score (nSPS) is 10.8. The van der Waals surface area contributed by atoms with Gasteiger partial charge in [-0.05, 0) is 30.0 Å². The van der Waals surface area contributed by atoms with Gasteiger partial charge in [0.1, 0.15) is 0 Å². The third-order valence-electron chi connectivity index (χ3n) is 3.18. The van der Waals surface area contributed by atoms with E-state index in [1.165, 1.54) is 5.56 Å². The van der Waals surface area contributed by atoms with E-state index in [9.17, 15) is 4.79 Å². The van der Waals surface area contributed by atoms with Crippen molar-refractivity contribution < 1.29 is 0 Å². The zero-order chi connectivity index (χ0) is 13.9. The number of fused-ring (bicyclic) bond motifs is 1. The highest BCUT2D eigenvalue weighted by atomic mass is 16.1. The maximum Gasteiger partial charge on any atom is 0.261 e. The molecule has 0 aliphatic carbocycles. The van der Waals surface area contributed by atoms with E-state index in [2.05, 4.69) is 27.1 Å². The number of nitrogens with two attached hydrogens (primary N) is 1. The van der Waals surface area contributed by atoms with Gasteiger partial charge in [0.25, 0.3) is 5.56 Å². The second-order valence-electron chi connectivity index (χ2n) is 4.65. The zero-order valence-corrected chi connectivity index (χ0v) is 10.8. The Morgan fingerprint density at radius 1 is 1.10 bits per heavy atom. The first kappa shape index (κ1) is 12.3. The van der Waals surface area contributed by atoms with Crippen LogP contribution in [0, 0.1) is 0 Å². The number of nitrogens with zero attached hydrogens (tertiary/aromatic N) is 2. The van der Waals surface area contributed by atoms with Crippen LogP contribution in [0.4, 0.5) is 5.95 Å². The Hall–Kier alpha value is -2.69. The average molecular weight is 266 g/mol. The molecule has 0 bridgehead atoms. The summed E-state index contributed by atoms with van der Waals surface area (Å²) in [6.45, 7) is 0. The number of rotatable bonds is 3. The molecule has 0 atom stereocenters. The number of hydrogen-bond donors (Lipinski definition) is 2. The molecule has 0 saturated carbocycles. The molecule has 0 spiro atoms. The van der Waals surface area contributed by atoms with Crippen LogP contribution in [0.5, 0.6) is 0 Å². The van der Waals surface area contributed by atoms with Crippen LogP contribution in [-0.2, 0) is 12.8 Å². The largest absolute Gasteiger partial charge is 0.369 e. The minimum atomic E-state index is -0.249. The quantitative estimate of drug-likeness (QED) is 0.755. The van der Waals surface area contributed by atoms with Gasteiger partial charge in [0.15, 0.2) is 5.65 Å². The topological polar surface area (TPSA) is 84.7 Å². The molecule has 2 heterocycles. The molecule has 5 nitrogen and oxygen atoms in total. The molecule has 0 unspecified atom stereocenters. The predicted molar refractivity (Wildman–Crippen MR) is 78.4 cm³/mol. The van der Waals surface area contributed by atoms with Gasteiger partial charge in [-0.1, -0.05) is 30.3 Å². The summed E-state index contributed by atoms with van der Waals surface area (Å²) in [6, 6.07) is 12.0. The van der Waals surface area contributed by atoms with E-state index < -0.39 is 0 Å². The smallest absolute Gasteiger partial charge is 0.261 e. The second-order valence-corrected chi connectivity index (χ2v) is 4.65. The first-order valence-corrected chi connectivity index (χ1v) is 6.41. The lowest BCUT2D eigenvalue weighted by atomic mass is 10.1. The fourth-order valence-electron chi connectivity index (χ4n) is 2.15. The van der Waals surface area contributed by atoms with Gasteiger partial charge in [-0.2, -0.15) is 4.98 Å². The van der Waals surface area contributed by atoms with Crippen molar-refractivity contribution in [1.29, 1.82) is 0 Å². The molecule has 2 aromatic heterocycles. The summed E-state index contributed by atoms with van der Waals surface area (Å²) in [5.74, 6) is 0.0898. The molecule has 0 aliphatic heterocycles. The van der Waals surface area contributed by atoms with Crippen LogP contribution in [0.3, 0.4) is 0 Å². The molecule has 0 amide bonds. The average Bonchev–Trinajstić information content (AvgIpc) is 2.46. The number of hydrogen-bond acceptors (Lipinski definition) is 4. The van der Waals surface area contributed by atoms with Crippen LogP contribution in [-0.4, -0.2) is 15.0 Å². The van der Waals surface area contributed by atoms with Crippen molar-refractivity contribution in [3.05, 3.63) is 64.1 Å². The number of nitrogens with one attached hydrogen (secondary N) is 1. The Balaban J connectivity index is 1.88. The molecule has 20 heavy (non-hydrogen) atoms. The van der Waals surface area contributed by atoms with Crippen molar-refractivity contribution in [1.82, 2.24) is 15.0 Å². The molecule has 0 saturated heterocycles. The summed E-state index contributed by atoms with van der Waals surface area (Å²) in [5.41, 5.74) is 7.90. The van der Waals surface area contributed by atoms with E-state index in [4.69, 9.17) is 5.73 Å². The van der Waals surface area contributed by atoms with Crippen molar-refractivity contribution in [2.75, 3.05) is 5.73 Å². The second kappa shape index (κ2) is 5.13. The van der Waals surface area contributed by atoms with E-state index in [0.717, 1.165) is 18.4 Å². The van der Waals surface area contributed by atoms with Crippen molar-refractivity contribution in [3.8, 4) is 0 Å². The standard InChI is InChI=1S/C15H14N4O/c16-15-18-13-12(14(20)19-15)8-11(9-17-13)7-6-10-4-2-1-3-5-10/h1-5,8-9H,6-7H2,(H3,16,17,18,19,20). The maximum atomic E-state index is 11.8. The molecular weight excluding hydrogens is 252 g/mol. The van der Waals surface area contributed by atoms with Crippen LogP contribution < -0.4 is 11.3 Å². The van der Waals surface area contributed by atoms with Crippen molar-refractivity contribution in [2.45, 2.75) is 12.8 Å². The molecule has 0 radical (unpaired) electrons. The minimum absolute atomic E-state index is 0.0898. The number of benzene rings is 1. The molecule has 0 aliphatic rings. The Morgan fingerprint density at radius 2 is 1.85 bits per heavy atom. The first-order valence-electron chi connectivity index (χ1n) is 6.41. The summed E-state index contributed by atoms with van der Waals surface area (Å²) < 4.78 is 0. The van der Waals surface area contributed by atoms with Crippen molar-refractivity contribution >= 4 is 17.0 Å². The van der Waals surface area contributed by atoms with Gasteiger partial charge in [-0.25, -0.2) is 4.98 Å². The number of aromatic nitrogens is 3. The number of pyridine rings is 1. The minimum Gasteiger partial charge on any atom is -0.369 e. The third-order valence-corrected chi connectivity index (χ3v) is 3.18. The van der Waals surface area contributed by atoms with Crippen LogP contribution >= 0.6 is 0 Å². The molecule has 3 N–H and O–H groups in total. The Labute approximate surface area is 115 Å². The van der Waals surface area contributed by atoms with Crippen LogP contribution in [0.25, 0.3) is 11.0 Å². The Kier molecular flexibility index (Phi) is 3.16. The molecule has 100 valence electrons. The number of H-pyrrole nitrogens is 1. The summed E-state index contributed by atoms with van der Waals surface area (Å²) >= 11 is 0. The van der Waals surface area contributed by atoms with E-state index in [-0.39, 0.29) is 11.5 Å². The summed E-state index contributed by atoms with van der Waals surface area (Å²) in [4.78, 5) is 22.5. The van der Waals surface area contributed by atoms with Gasteiger partial charge in [0.05, 0.1) is 5.39 Å². The zero-order valence-electron chi connectivity index (χ0n) is 10.8. The molecule has 5 heteroatoms. The molecule has 1 aromatic carbocycles. The van der Waals surface area contributed by atoms with Gasteiger partial charge in [-0.15, -0.1) is 0 Å². The SMILES string of the molecule is Nc1nc2ncc(CCc3ccccc3)cc2c(=O)[nH]1. The lowest BCUT2D eigenvalue weighted by Gasteiger charge is -2.03. The van der Waals surface area contributed by atoms with E-state index in [0.29, 0.717) is 11.0 Å². The Bertz CT molecular complexity index is 796. The molecule has 3 rings (SSSR count). The van der Waals surface area contributed by atoms with Crippen LogP contribution in [0.15, 0.2) is 47.4 Å². The van der Waals surface area contributed by atoms with Crippen molar-refractivity contribution in [3.63, 3.8) is 0 Å². The van der Waals surface area contributed by atoms with E-state index in [1.54, 1.807) is 6.20 Å². The van der Waals surface area contributed by atoms with Crippen LogP contribution in [0.1, 0.15) is 11.1 Å². The van der Waals surface area contributed by atoms with E-state index in [1.807, 2.05) is 24.3 Å². The van der Waals surface area contributed by atoms with E-state index >= 15 is 0 Å². The first-order chi connectivity index (χ1) is 9.72. The number of anilines is 1. The number of aryl methyl sites for hydroxylation is 2. The van der Waals surface area contributed by atoms with Gasteiger partial charge < -0.3 is 5.73 Å². The van der Waals surface area contributed by atoms with Crippen molar-refractivity contribution in [2.24, 2.45) is 0 Å². The van der Waals surface area contributed by atoms with Gasteiger partial charge >= 0.3 is 0 Å². The fourth-order valence-corrected chi connectivity index (χ4v) is 2.15. The summed E-state index contributed by atoms with van der Waals surface area (Å²) in [5, 5.41) is 0.477. The molecule has 3 aromatic rings. The summed E-state index contributed by atoms with van der Waals surface area (Å²) in [6.07, 6.45) is 3.49. The monoisotopic (exact) mass is 266 g/mol. The fraction of sp³-hybridized carbons (Fsp3) is 0.133. The highest BCUT2D eigenvalue weighted by Gasteiger charge is 2.05. The number of aromatic amines is 1. The number of nitrogen functional groups attached to an aromatic ring is 1. The van der Waals surface area contributed by atoms with Crippen LogP contribution in [0.2, 0.25) is 0 Å². The lowest BCUT2D eigenvalue weighted by molar-refractivity contribution is 0.952. The summed E-state index contributed by atoms with van der Waals surface area (Å²) in [7, 11) is 0. The highest BCUT2D eigenvalue weighted by Crippen LogP contribution is 2.11. The predicted octanol–water partition coefficient (Wildman–Crippen LogP) is 1.69.